The fourth-order valence-electron chi connectivity index (χ4n) is 2.21. The average molecular weight is 331 g/mol. The summed E-state index contributed by atoms with van der Waals surface area (Å²) in [7, 11) is 0. The molecule has 3 aromatic rings. The maximum absolute atomic E-state index is 12.2. The van der Waals surface area contributed by atoms with Gasteiger partial charge in [-0.3, -0.25) is 4.79 Å². The molecule has 3 rings (SSSR count). The van der Waals surface area contributed by atoms with Crippen molar-refractivity contribution in [2.75, 3.05) is 5.32 Å². The van der Waals surface area contributed by atoms with Gasteiger partial charge in [-0.2, -0.15) is 0 Å². The number of phenols is 1. The van der Waals surface area contributed by atoms with Crippen LogP contribution < -0.4 is 10.1 Å². The third-order valence-electron chi connectivity index (χ3n) is 3.44. The zero-order chi connectivity index (χ0) is 17.5. The second kappa shape index (κ2) is 7.84. The van der Waals surface area contributed by atoms with Crippen LogP contribution in [0.25, 0.3) is 6.08 Å². The van der Waals surface area contributed by atoms with Crippen LogP contribution in [-0.2, 0) is 4.79 Å². The lowest BCUT2D eigenvalue weighted by Gasteiger charge is -2.11. The van der Waals surface area contributed by atoms with Crippen LogP contribution in [0.5, 0.6) is 17.2 Å². The molecule has 4 nitrogen and oxygen atoms in total. The van der Waals surface area contributed by atoms with Gasteiger partial charge in [0.25, 0.3) is 0 Å². The van der Waals surface area contributed by atoms with Crippen molar-refractivity contribution in [3.63, 3.8) is 0 Å². The largest absolute Gasteiger partial charge is 0.508 e. The Labute approximate surface area is 146 Å². The Kier molecular flexibility index (Phi) is 5.12. The van der Waals surface area contributed by atoms with Crippen LogP contribution in [-0.4, -0.2) is 11.0 Å². The number of amides is 1. The number of carbonyl (C=O) groups is 1. The second-order valence-corrected chi connectivity index (χ2v) is 5.33. The van der Waals surface area contributed by atoms with E-state index in [2.05, 4.69) is 5.32 Å². The highest BCUT2D eigenvalue weighted by Gasteiger charge is 2.06. The van der Waals surface area contributed by atoms with Gasteiger partial charge in [-0.1, -0.05) is 42.5 Å². The van der Waals surface area contributed by atoms with Crippen molar-refractivity contribution in [3.8, 4) is 17.2 Å². The highest BCUT2D eigenvalue weighted by Crippen LogP contribution is 2.29. The third kappa shape index (κ3) is 4.72. The van der Waals surface area contributed by atoms with Crippen LogP contribution in [0.4, 0.5) is 5.69 Å². The summed E-state index contributed by atoms with van der Waals surface area (Å²) in [5.74, 6) is 1.19. The van der Waals surface area contributed by atoms with Gasteiger partial charge in [0, 0.05) is 6.08 Å². The second-order valence-electron chi connectivity index (χ2n) is 5.33. The van der Waals surface area contributed by atoms with Gasteiger partial charge in [0.05, 0.1) is 5.69 Å². The van der Waals surface area contributed by atoms with Gasteiger partial charge >= 0.3 is 0 Å². The van der Waals surface area contributed by atoms with Crippen molar-refractivity contribution < 1.29 is 14.6 Å². The predicted molar refractivity (Wildman–Crippen MR) is 98.7 cm³/mol. The van der Waals surface area contributed by atoms with Gasteiger partial charge in [0.2, 0.25) is 5.91 Å². The van der Waals surface area contributed by atoms with Crippen molar-refractivity contribution in [3.05, 3.63) is 90.5 Å². The third-order valence-corrected chi connectivity index (χ3v) is 3.44. The van der Waals surface area contributed by atoms with E-state index >= 15 is 0 Å². The van der Waals surface area contributed by atoms with Crippen molar-refractivity contribution >= 4 is 17.7 Å². The fraction of sp³-hybridized carbons (Fsp3) is 0. The molecule has 3 aromatic carbocycles. The standard InChI is InChI=1S/C21H17NO3/c23-17-13-10-16(11-14-17)12-15-21(24)22-19-8-4-5-9-20(19)25-18-6-2-1-3-7-18/h1-15,23H,(H,22,24)/b15-12+. The molecule has 4 heteroatoms. The number of hydrogen-bond donors (Lipinski definition) is 2. The fourth-order valence-corrected chi connectivity index (χ4v) is 2.21. The molecule has 0 aliphatic heterocycles. The minimum atomic E-state index is -0.266. The van der Waals surface area contributed by atoms with E-state index in [0.29, 0.717) is 17.2 Å². The Morgan fingerprint density at radius 3 is 2.32 bits per heavy atom. The number of carbonyl (C=O) groups excluding carboxylic acids is 1. The Balaban J connectivity index is 1.70. The number of nitrogens with one attached hydrogen (secondary N) is 1. The van der Waals surface area contributed by atoms with E-state index < -0.39 is 0 Å². The first-order valence-corrected chi connectivity index (χ1v) is 7.81. The molecule has 0 fully saturated rings. The average Bonchev–Trinajstić information content (AvgIpc) is 2.64. The van der Waals surface area contributed by atoms with E-state index in [1.807, 2.05) is 42.5 Å². The molecule has 0 heterocycles. The van der Waals surface area contributed by atoms with Gasteiger partial charge in [-0.05, 0) is 48.0 Å². The molecule has 0 aliphatic rings. The molecule has 0 bridgehead atoms. The summed E-state index contributed by atoms with van der Waals surface area (Å²) in [5, 5.41) is 12.1. The van der Waals surface area contributed by atoms with Gasteiger partial charge in [-0.25, -0.2) is 0 Å². The first-order chi connectivity index (χ1) is 12.2. The first-order valence-electron chi connectivity index (χ1n) is 7.81. The van der Waals surface area contributed by atoms with Crippen LogP contribution in [0.3, 0.4) is 0 Å². The van der Waals surface area contributed by atoms with Crippen molar-refractivity contribution in [1.29, 1.82) is 0 Å². The predicted octanol–water partition coefficient (Wildman–Crippen LogP) is 4.84. The van der Waals surface area contributed by atoms with Crippen LogP contribution >= 0.6 is 0 Å². The monoisotopic (exact) mass is 331 g/mol. The smallest absolute Gasteiger partial charge is 0.248 e. The van der Waals surface area contributed by atoms with Crippen LogP contribution in [0.15, 0.2) is 84.9 Å². The molecular weight excluding hydrogens is 314 g/mol. The number of phenolic OH excluding ortho intramolecular Hbond substituents is 1. The van der Waals surface area contributed by atoms with Crippen molar-refractivity contribution in [2.45, 2.75) is 0 Å². The first kappa shape index (κ1) is 16.3. The summed E-state index contributed by atoms with van der Waals surface area (Å²) in [4.78, 5) is 12.2. The molecule has 0 aromatic heterocycles. The van der Waals surface area contributed by atoms with E-state index in [4.69, 9.17) is 4.74 Å². The van der Waals surface area contributed by atoms with Gasteiger partial charge in [0.1, 0.15) is 11.5 Å². The highest BCUT2D eigenvalue weighted by atomic mass is 16.5. The number of hydrogen-bond acceptors (Lipinski definition) is 3. The van der Waals surface area contributed by atoms with Crippen LogP contribution in [0.1, 0.15) is 5.56 Å². The zero-order valence-electron chi connectivity index (χ0n) is 13.4. The topological polar surface area (TPSA) is 58.6 Å². The SMILES string of the molecule is O=C(/C=C/c1ccc(O)cc1)Nc1ccccc1Oc1ccccc1. The molecule has 0 saturated heterocycles. The molecule has 0 spiro atoms. The maximum atomic E-state index is 12.2. The molecule has 0 atom stereocenters. The Morgan fingerprint density at radius 1 is 0.880 bits per heavy atom. The van der Waals surface area contributed by atoms with E-state index in [0.717, 1.165) is 5.56 Å². The van der Waals surface area contributed by atoms with E-state index in [1.54, 1.807) is 42.5 Å². The Morgan fingerprint density at radius 2 is 1.56 bits per heavy atom. The summed E-state index contributed by atoms with van der Waals surface area (Å²) >= 11 is 0. The Bertz CT molecular complexity index is 871. The molecule has 0 unspecified atom stereocenters. The van der Waals surface area contributed by atoms with E-state index in [9.17, 15) is 9.90 Å². The molecule has 0 saturated carbocycles. The normalized spacial score (nSPS) is 10.6. The summed E-state index contributed by atoms with van der Waals surface area (Å²) in [6.45, 7) is 0. The molecule has 0 aliphatic carbocycles. The van der Waals surface area contributed by atoms with Crippen molar-refractivity contribution in [1.82, 2.24) is 0 Å². The number of ether oxygens (including phenoxy) is 1. The molecule has 1 amide bonds. The number of rotatable bonds is 5. The van der Waals surface area contributed by atoms with Gasteiger partial charge in [0.15, 0.2) is 5.75 Å². The number of aromatic hydroxyl groups is 1. The Hall–Kier alpha value is -3.53. The zero-order valence-corrected chi connectivity index (χ0v) is 13.4. The van der Waals surface area contributed by atoms with Crippen LogP contribution in [0.2, 0.25) is 0 Å². The minimum absolute atomic E-state index is 0.189. The highest BCUT2D eigenvalue weighted by molar-refractivity contribution is 6.02. The van der Waals surface area contributed by atoms with E-state index in [1.165, 1.54) is 6.08 Å². The summed E-state index contributed by atoms with van der Waals surface area (Å²) in [6.07, 6.45) is 3.11. The molecule has 0 radical (unpaired) electrons. The molecule has 124 valence electrons. The minimum Gasteiger partial charge on any atom is -0.508 e. The quantitative estimate of drug-likeness (QED) is 0.658. The summed E-state index contributed by atoms with van der Waals surface area (Å²) in [6, 6.07) is 23.2. The molecule has 2 N–H and O–H groups in total. The van der Waals surface area contributed by atoms with Gasteiger partial charge in [-0.15, -0.1) is 0 Å². The number of anilines is 1. The number of benzene rings is 3. The van der Waals surface area contributed by atoms with Crippen molar-refractivity contribution in [2.24, 2.45) is 0 Å². The van der Waals surface area contributed by atoms with Gasteiger partial charge < -0.3 is 15.2 Å². The molecular formula is C21H17NO3. The lowest BCUT2D eigenvalue weighted by atomic mass is 10.2. The lowest BCUT2D eigenvalue weighted by Crippen LogP contribution is -2.08. The summed E-state index contributed by atoms with van der Waals surface area (Å²) < 4.78 is 5.82. The number of para-hydroxylation sites is 3. The lowest BCUT2D eigenvalue weighted by molar-refractivity contribution is -0.111. The maximum Gasteiger partial charge on any atom is 0.248 e. The molecule has 25 heavy (non-hydrogen) atoms. The summed E-state index contributed by atoms with van der Waals surface area (Å²) in [5.41, 5.74) is 1.41. The van der Waals surface area contributed by atoms with Crippen LogP contribution in [0, 0.1) is 0 Å². The van der Waals surface area contributed by atoms with E-state index in [-0.39, 0.29) is 11.7 Å².